The molecule has 0 aromatic heterocycles. The molecule has 1 aromatic rings. The van der Waals surface area contributed by atoms with Gasteiger partial charge in [0.2, 0.25) is 0 Å². The second kappa shape index (κ2) is 10.5. The molecule has 4 aliphatic carbocycles. The average molecular weight is 531 g/mol. The molecule has 5 rings (SSSR count). The van der Waals surface area contributed by atoms with E-state index < -0.39 is 0 Å². The molecule has 39 heavy (non-hydrogen) atoms. The fourth-order valence-corrected chi connectivity index (χ4v) is 9.18. The van der Waals surface area contributed by atoms with Crippen molar-refractivity contribution in [3.05, 3.63) is 59.2 Å². The van der Waals surface area contributed by atoms with Gasteiger partial charge in [-0.25, -0.2) is 4.79 Å². The van der Waals surface area contributed by atoms with Gasteiger partial charge in [-0.05, 0) is 103 Å². The lowest BCUT2D eigenvalue weighted by molar-refractivity contribution is -0.00435. The van der Waals surface area contributed by atoms with Crippen LogP contribution in [0.3, 0.4) is 0 Å². The number of hydrogen-bond donors (Lipinski definition) is 2. The van der Waals surface area contributed by atoms with Gasteiger partial charge in [0.05, 0.1) is 5.56 Å². The zero-order valence-corrected chi connectivity index (χ0v) is 25.0. The average Bonchev–Trinajstić information content (AvgIpc) is 3.14. The van der Waals surface area contributed by atoms with Gasteiger partial charge >= 0.3 is 5.97 Å². The molecule has 4 nitrogen and oxygen atoms in total. The summed E-state index contributed by atoms with van der Waals surface area (Å²) in [6.07, 6.45) is 17.9. The molecule has 1 aromatic carbocycles. The summed E-state index contributed by atoms with van der Waals surface area (Å²) in [6, 6.07) is 4.96. The molecule has 0 radical (unpaired) electrons. The lowest BCUT2D eigenvalue weighted by Gasteiger charge is -2.57. The quantitative estimate of drug-likeness (QED) is 0.220. The summed E-state index contributed by atoms with van der Waals surface area (Å²) >= 11 is 0. The first kappa shape index (κ1) is 28.1. The normalized spacial score (nSPS) is 36.5. The lowest BCUT2D eigenvalue weighted by atomic mass is 9.47. The van der Waals surface area contributed by atoms with E-state index in [2.05, 4.69) is 65.8 Å². The van der Waals surface area contributed by atoms with Gasteiger partial charge in [-0.15, -0.1) is 0 Å². The molecule has 4 aliphatic rings. The van der Waals surface area contributed by atoms with E-state index in [1.807, 2.05) is 0 Å². The summed E-state index contributed by atoms with van der Waals surface area (Å²) in [6.45, 7) is 14.6. The molecular weight excluding hydrogens is 480 g/mol. The molecule has 4 N–H and O–H groups in total. The van der Waals surface area contributed by atoms with Crippen LogP contribution in [-0.2, 0) is 4.74 Å². The third-order valence-electron chi connectivity index (χ3n) is 11.3. The Balaban J connectivity index is 1.34. The molecule has 4 heteroatoms. The minimum atomic E-state index is -0.327. The Labute approximate surface area is 236 Å². The van der Waals surface area contributed by atoms with E-state index in [4.69, 9.17) is 16.2 Å². The number of ether oxygens (including phenoxy) is 1. The Bertz CT molecular complexity index is 1170. The number of nitrogen functional groups attached to an aromatic ring is 2. The number of fused-ring (bicyclic) bond motifs is 5. The van der Waals surface area contributed by atoms with Crippen LogP contribution in [0.4, 0.5) is 11.4 Å². The van der Waals surface area contributed by atoms with Crippen molar-refractivity contribution in [1.82, 2.24) is 0 Å². The minimum absolute atomic E-state index is 0.105. The zero-order chi connectivity index (χ0) is 28.1. The van der Waals surface area contributed by atoms with Crippen LogP contribution in [0.2, 0.25) is 0 Å². The molecule has 0 amide bonds. The predicted molar refractivity (Wildman–Crippen MR) is 162 cm³/mol. The Morgan fingerprint density at radius 3 is 2.49 bits per heavy atom. The van der Waals surface area contributed by atoms with Crippen LogP contribution < -0.4 is 11.5 Å². The smallest absolute Gasteiger partial charge is 0.338 e. The maximum Gasteiger partial charge on any atom is 0.338 e. The highest BCUT2D eigenvalue weighted by atomic mass is 16.5. The summed E-state index contributed by atoms with van der Waals surface area (Å²) in [5.41, 5.74) is 17.0. The molecule has 0 spiro atoms. The Morgan fingerprint density at radius 1 is 1.08 bits per heavy atom. The summed E-state index contributed by atoms with van der Waals surface area (Å²) in [5.74, 6) is 3.42. The van der Waals surface area contributed by atoms with Gasteiger partial charge in [0.15, 0.2) is 0 Å². The predicted octanol–water partition coefficient (Wildman–Crippen LogP) is 8.36. The number of esters is 1. The van der Waals surface area contributed by atoms with Crippen molar-refractivity contribution in [1.29, 1.82) is 0 Å². The van der Waals surface area contributed by atoms with Crippen LogP contribution in [0, 0.1) is 46.3 Å². The van der Waals surface area contributed by atoms with E-state index >= 15 is 0 Å². The number of nitrogens with two attached hydrogens (primary N) is 2. The van der Waals surface area contributed by atoms with Crippen molar-refractivity contribution >= 4 is 17.3 Å². The molecule has 0 saturated heterocycles. The highest BCUT2D eigenvalue weighted by Crippen LogP contribution is 2.70. The lowest BCUT2D eigenvalue weighted by Crippen LogP contribution is -2.49. The van der Waals surface area contributed by atoms with Gasteiger partial charge in [0.25, 0.3) is 0 Å². The van der Waals surface area contributed by atoms with Gasteiger partial charge in [-0.2, -0.15) is 0 Å². The Morgan fingerprint density at radius 2 is 1.79 bits per heavy atom. The van der Waals surface area contributed by atoms with E-state index in [9.17, 15) is 4.79 Å². The molecule has 3 fully saturated rings. The van der Waals surface area contributed by atoms with E-state index in [1.165, 1.54) is 37.7 Å². The van der Waals surface area contributed by atoms with Crippen LogP contribution in [-0.4, -0.2) is 12.1 Å². The monoisotopic (exact) mass is 530 g/mol. The van der Waals surface area contributed by atoms with E-state index in [0.29, 0.717) is 46.0 Å². The van der Waals surface area contributed by atoms with Crippen molar-refractivity contribution in [3.63, 3.8) is 0 Å². The van der Waals surface area contributed by atoms with E-state index in [1.54, 1.807) is 23.8 Å². The second-order valence-corrected chi connectivity index (χ2v) is 14.2. The van der Waals surface area contributed by atoms with Gasteiger partial charge < -0.3 is 16.2 Å². The number of anilines is 2. The molecule has 0 heterocycles. The molecule has 0 bridgehead atoms. The summed E-state index contributed by atoms with van der Waals surface area (Å²) in [4.78, 5) is 12.9. The van der Waals surface area contributed by atoms with Crippen LogP contribution >= 0.6 is 0 Å². The molecule has 3 saturated carbocycles. The largest absolute Gasteiger partial charge is 0.458 e. The maximum absolute atomic E-state index is 12.9. The Hall–Kier alpha value is -2.49. The first-order chi connectivity index (χ1) is 18.4. The summed E-state index contributed by atoms with van der Waals surface area (Å²) < 4.78 is 6.02. The highest BCUT2D eigenvalue weighted by molar-refractivity contribution is 5.91. The summed E-state index contributed by atoms with van der Waals surface area (Å²) in [7, 11) is 0. The van der Waals surface area contributed by atoms with Crippen LogP contribution in [0.25, 0.3) is 0 Å². The summed E-state index contributed by atoms with van der Waals surface area (Å²) in [5, 5.41) is 0. The minimum Gasteiger partial charge on any atom is -0.458 e. The van der Waals surface area contributed by atoms with E-state index in [-0.39, 0.29) is 17.5 Å². The first-order valence-corrected chi connectivity index (χ1v) is 15.4. The molecule has 0 aliphatic heterocycles. The zero-order valence-electron chi connectivity index (χ0n) is 25.0. The third-order valence-corrected chi connectivity index (χ3v) is 11.3. The van der Waals surface area contributed by atoms with E-state index in [0.717, 1.165) is 24.7 Å². The standard InChI is InChI=1S/C35H50N2O2/c1-21(2)8-7-9-22(3)30-13-15-35(6)31-11-10-24-19-28(39-33(38)25-17-26(36)20-27(37)18-25)16-23(4)32(24)29(31)12-14-34(30,35)5/h7,9-11,17-18,20-23,28-30,32H,8,12-16,19,36-37H2,1-6H3. The first-order valence-electron chi connectivity index (χ1n) is 15.4. The molecule has 8 atom stereocenters. The van der Waals surface area contributed by atoms with Gasteiger partial charge in [-0.1, -0.05) is 77.0 Å². The van der Waals surface area contributed by atoms with Crippen molar-refractivity contribution in [2.45, 2.75) is 92.6 Å². The SMILES string of the molecule is CC(C)CC=CC(C)C1CCC2(C)C3=CC=C4CC(OC(=O)c5cc(N)cc(N)c5)CC(C)C4C3CCC12C. The van der Waals surface area contributed by atoms with Crippen LogP contribution in [0.1, 0.15) is 96.8 Å². The molecule has 8 unspecified atom stereocenters. The molecule has 212 valence electrons. The van der Waals surface area contributed by atoms with Crippen molar-refractivity contribution < 1.29 is 9.53 Å². The Kier molecular flexibility index (Phi) is 7.54. The fourth-order valence-electron chi connectivity index (χ4n) is 9.18. The fraction of sp³-hybridized carbons (Fsp3) is 0.629. The topological polar surface area (TPSA) is 78.3 Å². The van der Waals surface area contributed by atoms with Gasteiger partial charge in [0, 0.05) is 17.8 Å². The van der Waals surface area contributed by atoms with Gasteiger partial charge in [-0.3, -0.25) is 0 Å². The van der Waals surface area contributed by atoms with Crippen LogP contribution in [0.15, 0.2) is 53.6 Å². The van der Waals surface area contributed by atoms with Crippen LogP contribution in [0.5, 0.6) is 0 Å². The maximum atomic E-state index is 12.9. The number of carbonyl (C=O) groups is 1. The number of hydrogen-bond acceptors (Lipinski definition) is 4. The third kappa shape index (κ3) is 4.98. The number of benzene rings is 1. The van der Waals surface area contributed by atoms with Crippen molar-refractivity contribution in [3.8, 4) is 0 Å². The number of rotatable bonds is 6. The number of carbonyl (C=O) groups excluding carboxylic acids is 1. The van der Waals surface area contributed by atoms with Crippen molar-refractivity contribution in [2.75, 3.05) is 11.5 Å². The van der Waals surface area contributed by atoms with Gasteiger partial charge in [0.1, 0.15) is 6.10 Å². The highest BCUT2D eigenvalue weighted by Gasteiger charge is 2.61. The van der Waals surface area contributed by atoms with Crippen molar-refractivity contribution in [2.24, 2.45) is 46.3 Å². The second-order valence-electron chi connectivity index (χ2n) is 14.2. The molecular formula is C35H50N2O2. The number of allylic oxidation sites excluding steroid dienone is 5.